The number of fused-ring (bicyclic) bond motifs is 15. The average molecular weight is 1890 g/mol. The fourth-order valence-corrected chi connectivity index (χ4v) is 25.9. The van der Waals surface area contributed by atoms with E-state index in [0.717, 1.165) is 80.8 Å². The zero-order valence-electron chi connectivity index (χ0n) is 88.2. The molecule has 3 aliphatic carbocycles. The van der Waals surface area contributed by atoms with Gasteiger partial charge < -0.3 is 29.4 Å². The van der Waals surface area contributed by atoms with E-state index in [2.05, 4.69) is 556 Å². The summed E-state index contributed by atoms with van der Waals surface area (Å²) < 4.78 is 0. The van der Waals surface area contributed by atoms with Gasteiger partial charge in [0.05, 0.1) is 5.41 Å². The summed E-state index contributed by atoms with van der Waals surface area (Å²) in [6.45, 7) is 47.3. The summed E-state index contributed by atoms with van der Waals surface area (Å²) in [6.07, 6.45) is 2.24. The Balaban J connectivity index is 0.644. The highest BCUT2D eigenvalue weighted by Gasteiger charge is 2.52. The molecule has 7 aliphatic rings. The topological polar surface area (TPSA) is 19.4 Å². The predicted molar refractivity (Wildman–Crippen MR) is 624 cm³/mol. The molecule has 4 heterocycles. The molecule has 18 aromatic carbocycles. The smallest absolute Gasteiger partial charge is 0.252 e. The average Bonchev–Trinajstić information content (AvgIpc) is 1.01. The number of nitrogens with zero attached hydrogens (tertiary/aromatic N) is 6. The van der Waals surface area contributed by atoms with Crippen LogP contribution < -0.4 is 62.2 Å². The first-order valence-electron chi connectivity index (χ1n) is 52.9. The minimum atomic E-state index is -0.760. The van der Waals surface area contributed by atoms with Gasteiger partial charge in [0.25, 0.3) is 13.4 Å². The zero-order chi connectivity index (χ0) is 101. The van der Waals surface area contributed by atoms with E-state index in [9.17, 15) is 0 Å². The maximum Gasteiger partial charge on any atom is 0.252 e. The minimum Gasteiger partial charge on any atom is -0.311 e. The SMILES string of the molecule is Cc1cc2c3c(c1)N(c1ccc4c(c1)C(c1ccccc1)(c1ccc(-c5ccc(N(c6ccccc6)c6ccc7c(c6)N(c6ccc8c(c6)C(C)(C)c6ccccc6-8)c6cc(C(C)(C)C)cc8c6B7c6cc7c(cc6N8c6ccc(C(C)(C)C)cc6)C(C)(C)CCC7(C)C)cc5)cc1)c1ccccc1-4)c1cc(N(c4ccccc4)c4ccccc4C)ccc1B3c1cc(C(C)(C)C)ccc1N2c1ccc(C(C)(C)C)cc1. The summed E-state index contributed by atoms with van der Waals surface area (Å²) >= 11 is 0. The van der Waals surface area contributed by atoms with Crippen LogP contribution in [-0.2, 0) is 43.3 Å². The lowest BCUT2D eigenvalue weighted by Crippen LogP contribution is -2.62. The largest absolute Gasteiger partial charge is 0.311 e. The van der Waals surface area contributed by atoms with Crippen molar-refractivity contribution in [2.24, 2.45) is 0 Å². The van der Waals surface area contributed by atoms with Crippen molar-refractivity contribution >= 4 is 149 Å². The summed E-state index contributed by atoms with van der Waals surface area (Å²) in [5, 5.41) is 0. The van der Waals surface area contributed by atoms with E-state index in [1.807, 2.05) is 0 Å². The second-order valence-electron chi connectivity index (χ2n) is 48.5. The van der Waals surface area contributed by atoms with Crippen LogP contribution in [0.1, 0.15) is 215 Å². The van der Waals surface area contributed by atoms with Crippen LogP contribution in [0, 0.1) is 13.8 Å². The molecular weight excluding hydrogens is 1760 g/mol. The van der Waals surface area contributed by atoms with Gasteiger partial charge in [0.15, 0.2) is 0 Å². The lowest BCUT2D eigenvalue weighted by molar-refractivity contribution is 0.332. The number of anilines is 18. The Morgan fingerprint density at radius 1 is 0.247 bits per heavy atom. The highest BCUT2D eigenvalue weighted by Crippen LogP contribution is 2.61. The molecule has 18 aromatic rings. The maximum atomic E-state index is 2.69. The Hall–Kier alpha value is -15.1. The first-order chi connectivity index (χ1) is 70.0. The molecule has 0 amide bonds. The van der Waals surface area contributed by atoms with Crippen LogP contribution in [0.4, 0.5) is 102 Å². The third kappa shape index (κ3) is 14.5. The van der Waals surface area contributed by atoms with E-state index in [1.54, 1.807) is 0 Å². The Morgan fingerprint density at radius 3 is 1.16 bits per heavy atom. The van der Waals surface area contributed by atoms with Gasteiger partial charge in [-0.1, -0.05) is 361 Å². The van der Waals surface area contributed by atoms with Crippen LogP contribution >= 0.6 is 0 Å². The Labute approximate surface area is 866 Å². The summed E-state index contributed by atoms with van der Waals surface area (Å²) in [5.74, 6) is 0. The molecule has 6 nitrogen and oxygen atoms in total. The summed E-state index contributed by atoms with van der Waals surface area (Å²) in [6, 6.07) is 151. The summed E-state index contributed by atoms with van der Waals surface area (Å²) in [5.41, 5.74) is 52.6. The second-order valence-corrected chi connectivity index (χ2v) is 48.5. The number of hydrogen-bond donors (Lipinski definition) is 0. The highest BCUT2D eigenvalue weighted by molar-refractivity contribution is 7.01. The van der Waals surface area contributed by atoms with Crippen LogP contribution in [0.25, 0.3) is 33.4 Å². The highest BCUT2D eigenvalue weighted by atomic mass is 15.2. The molecule has 4 aliphatic heterocycles. The van der Waals surface area contributed by atoms with Crippen molar-refractivity contribution in [2.75, 3.05) is 29.4 Å². The number of rotatable bonds is 13. The van der Waals surface area contributed by atoms with E-state index in [1.165, 1.54) is 178 Å². The molecule has 716 valence electrons. The van der Waals surface area contributed by atoms with Gasteiger partial charge in [-0.3, -0.25) is 0 Å². The van der Waals surface area contributed by atoms with Crippen LogP contribution in [0.2, 0.25) is 0 Å². The molecule has 0 radical (unpaired) electrons. The third-order valence-corrected chi connectivity index (χ3v) is 33.9. The van der Waals surface area contributed by atoms with Crippen molar-refractivity contribution in [1.82, 2.24) is 0 Å². The van der Waals surface area contributed by atoms with E-state index < -0.39 is 5.41 Å². The van der Waals surface area contributed by atoms with Crippen molar-refractivity contribution < 1.29 is 0 Å². The van der Waals surface area contributed by atoms with E-state index >= 15 is 0 Å². The van der Waals surface area contributed by atoms with E-state index in [4.69, 9.17) is 0 Å². The molecule has 0 N–H and O–H groups in total. The van der Waals surface area contributed by atoms with Gasteiger partial charge in [-0.25, -0.2) is 0 Å². The van der Waals surface area contributed by atoms with Crippen molar-refractivity contribution in [3.8, 4) is 33.4 Å². The Morgan fingerprint density at radius 2 is 0.630 bits per heavy atom. The minimum absolute atomic E-state index is 0.0181. The predicted octanol–water partition coefficient (Wildman–Crippen LogP) is 33.3. The fourth-order valence-electron chi connectivity index (χ4n) is 25.9. The summed E-state index contributed by atoms with van der Waals surface area (Å²) in [4.78, 5) is 15.5. The van der Waals surface area contributed by atoms with Gasteiger partial charge in [0.1, 0.15) is 0 Å². The van der Waals surface area contributed by atoms with Gasteiger partial charge in [0.2, 0.25) is 0 Å². The number of aryl methyl sites for hydroxylation is 2. The molecular formula is C138H128B2N6. The van der Waals surface area contributed by atoms with Crippen molar-refractivity contribution in [2.45, 2.75) is 195 Å². The summed E-state index contributed by atoms with van der Waals surface area (Å²) in [7, 11) is 0. The van der Waals surface area contributed by atoms with E-state index in [-0.39, 0.29) is 51.3 Å². The van der Waals surface area contributed by atoms with Gasteiger partial charge >= 0.3 is 0 Å². The Bertz CT molecular complexity index is 8330. The molecule has 1 unspecified atom stereocenters. The number of benzene rings is 18. The van der Waals surface area contributed by atoms with Crippen molar-refractivity contribution in [3.05, 3.63) is 466 Å². The van der Waals surface area contributed by atoms with Crippen LogP contribution in [0.15, 0.2) is 388 Å². The number of para-hydroxylation sites is 3. The molecule has 146 heavy (non-hydrogen) atoms. The maximum absolute atomic E-state index is 2.69. The van der Waals surface area contributed by atoms with Crippen molar-refractivity contribution in [1.29, 1.82) is 0 Å². The van der Waals surface area contributed by atoms with Gasteiger partial charge in [-0.15, -0.1) is 0 Å². The lowest BCUT2D eigenvalue weighted by atomic mass is 9.33. The molecule has 25 rings (SSSR count). The molecule has 0 spiro atoms. The quantitative estimate of drug-likeness (QED) is 0.106. The third-order valence-electron chi connectivity index (χ3n) is 33.9. The first kappa shape index (κ1) is 92.0. The number of hydrogen-bond acceptors (Lipinski definition) is 6. The lowest BCUT2D eigenvalue weighted by Gasteiger charge is -2.48. The molecule has 0 saturated heterocycles. The molecule has 0 bridgehead atoms. The van der Waals surface area contributed by atoms with Crippen LogP contribution in [-0.4, -0.2) is 13.4 Å². The van der Waals surface area contributed by atoms with Crippen LogP contribution in [0.5, 0.6) is 0 Å². The fraction of sp³-hybridized carbons (Fsp3) is 0.217. The molecule has 1 atom stereocenters. The van der Waals surface area contributed by atoms with Crippen LogP contribution in [0.3, 0.4) is 0 Å². The first-order valence-corrected chi connectivity index (χ1v) is 52.9. The monoisotopic (exact) mass is 1890 g/mol. The Kier molecular flexibility index (Phi) is 20.9. The van der Waals surface area contributed by atoms with Gasteiger partial charge in [-0.2, -0.15) is 0 Å². The molecule has 0 aromatic heterocycles. The zero-order valence-corrected chi connectivity index (χ0v) is 88.2. The van der Waals surface area contributed by atoms with Gasteiger partial charge in [-0.05, 0) is 355 Å². The van der Waals surface area contributed by atoms with E-state index in [0.29, 0.717) is 0 Å². The molecule has 0 fully saturated rings. The second kappa shape index (κ2) is 33.2. The normalized spacial score (nSPS) is 16.0. The van der Waals surface area contributed by atoms with Crippen molar-refractivity contribution in [3.63, 3.8) is 0 Å². The molecule has 8 heteroatoms. The molecule has 0 saturated carbocycles. The standard InChI is InChI=1S/C138H128B2N6/c1-87-76-125-129-126(77-87)145(123-84-105(142(98-41-28-23-29-42-98)120-47-35-30-36-88(120)2)68-72-116(123)139(129)118-78-95(133(9,10)11)58-73-121(118)143(125)100-61-54-91(55-62-100)131(3,4)5)103-66-70-109-107-44-32-34-46-111(107)138(113(109)82-103,93-37-24-21-25-38-93)94-52-48-89(49-53-94)90-50-59-99(60-51-90)141(97-39-26-22-27-40-97)104-67-71-117-122(83-104)146(102-65-69-108-106-43-31-33-45-110(106)137(19,20)112(108)81-102)128-80-96(134(12,13)14)79-127-130(128)140(117)119-85-114-115(136(17,18)75-74-135(114,15)16)86-124(119)144(127)101-63-56-92(57-64-101)132(6,7)8/h21-73,76-86H,74-75H2,1-20H3. The van der Waals surface area contributed by atoms with Gasteiger partial charge in [0, 0.05) is 108 Å².